The van der Waals surface area contributed by atoms with Crippen LogP contribution in [-0.2, 0) is 0 Å². The third-order valence-electron chi connectivity index (χ3n) is 4.12. The van der Waals surface area contributed by atoms with Crippen molar-refractivity contribution in [3.05, 3.63) is 66.0 Å². The number of urea groups is 1. The number of nitrogens with zero attached hydrogens (tertiary/aromatic N) is 2. The molecule has 5 heteroatoms. The van der Waals surface area contributed by atoms with Crippen LogP contribution in [-0.4, -0.2) is 42.5 Å². The van der Waals surface area contributed by atoms with Crippen molar-refractivity contribution in [1.29, 1.82) is 0 Å². The highest BCUT2D eigenvalue weighted by molar-refractivity contribution is 5.89. The maximum atomic E-state index is 13.0. The largest absolute Gasteiger partial charge is 0.322 e. The Morgan fingerprint density at radius 1 is 1.09 bits per heavy atom. The predicted molar refractivity (Wildman–Crippen MR) is 88.8 cm³/mol. The molecule has 120 valence electrons. The van der Waals surface area contributed by atoms with E-state index in [1.54, 1.807) is 12.1 Å². The molecule has 0 aliphatic carbocycles. The van der Waals surface area contributed by atoms with Crippen molar-refractivity contribution in [3.63, 3.8) is 0 Å². The van der Waals surface area contributed by atoms with E-state index in [0.29, 0.717) is 12.2 Å². The fraction of sp³-hybridized carbons (Fsp3) is 0.278. The van der Waals surface area contributed by atoms with Crippen molar-refractivity contribution < 1.29 is 9.18 Å². The first-order chi connectivity index (χ1) is 11.1. The van der Waals surface area contributed by atoms with Crippen LogP contribution in [0.5, 0.6) is 0 Å². The average Bonchev–Trinajstić information content (AvgIpc) is 2.57. The number of hydrogen-bond donors (Lipinski definition) is 1. The smallest absolute Gasteiger partial charge is 0.315 e. The Morgan fingerprint density at radius 3 is 2.48 bits per heavy atom. The number of benzene rings is 2. The molecule has 0 aromatic heterocycles. The summed E-state index contributed by atoms with van der Waals surface area (Å²) in [6.45, 7) is 2.28. The van der Waals surface area contributed by atoms with Crippen LogP contribution in [0.4, 0.5) is 14.9 Å². The van der Waals surface area contributed by atoms with Crippen molar-refractivity contribution in [2.75, 3.05) is 32.0 Å². The van der Waals surface area contributed by atoms with Gasteiger partial charge < -0.3 is 15.1 Å². The number of anilines is 1. The zero-order chi connectivity index (χ0) is 16.2. The minimum absolute atomic E-state index is 0.00963. The van der Waals surface area contributed by atoms with E-state index < -0.39 is 0 Å². The third-order valence-corrected chi connectivity index (χ3v) is 4.12. The summed E-state index contributed by atoms with van der Waals surface area (Å²) in [5.74, 6) is -0.315. The summed E-state index contributed by atoms with van der Waals surface area (Å²) in [6.07, 6.45) is 0. The quantitative estimate of drug-likeness (QED) is 0.923. The highest BCUT2D eigenvalue weighted by Crippen LogP contribution is 2.25. The predicted octanol–water partition coefficient (Wildman–Crippen LogP) is 3.35. The van der Waals surface area contributed by atoms with Gasteiger partial charge in [0.05, 0.1) is 6.04 Å². The molecule has 1 N–H and O–H groups in total. The topological polar surface area (TPSA) is 35.6 Å². The fourth-order valence-corrected chi connectivity index (χ4v) is 2.85. The SMILES string of the molecule is CN1CCN(C(=O)Nc2ccc(F)cc2)[C@H](c2ccccc2)C1. The van der Waals surface area contributed by atoms with Crippen LogP contribution in [0.1, 0.15) is 11.6 Å². The Kier molecular flexibility index (Phi) is 4.57. The molecule has 1 saturated heterocycles. The monoisotopic (exact) mass is 313 g/mol. The summed E-state index contributed by atoms with van der Waals surface area (Å²) in [5, 5.41) is 2.86. The molecule has 0 bridgehead atoms. The van der Waals surface area contributed by atoms with E-state index in [4.69, 9.17) is 0 Å². The normalized spacial score (nSPS) is 18.7. The molecule has 1 aliphatic heterocycles. The van der Waals surface area contributed by atoms with Crippen molar-refractivity contribution >= 4 is 11.7 Å². The Morgan fingerprint density at radius 2 is 1.78 bits per heavy atom. The summed E-state index contributed by atoms with van der Waals surface area (Å²) < 4.78 is 13.0. The average molecular weight is 313 g/mol. The second-order valence-electron chi connectivity index (χ2n) is 5.82. The number of nitrogens with one attached hydrogen (secondary N) is 1. The van der Waals surface area contributed by atoms with Gasteiger partial charge in [-0.2, -0.15) is 0 Å². The molecule has 2 aromatic carbocycles. The highest BCUT2D eigenvalue weighted by atomic mass is 19.1. The van der Waals surface area contributed by atoms with Crippen LogP contribution in [0.25, 0.3) is 0 Å². The van der Waals surface area contributed by atoms with Crippen molar-refractivity contribution in [3.8, 4) is 0 Å². The van der Waals surface area contributed by atoms with Gasteiger partial charge in [0.1, 0.15) is 5.82 Å². The Bertz CT molecular complexity index is 660. The molecule has 1 aliphatic rings. The fourth-order valence-electron chi connectivity index (χ4n) is 2.85. The molecule has 4 nitrogen and oxygen atoms in total. The molecule has 0 unspecified atom stereocenters. The lowest BCUT2D eigenvalue weighted by molar-refractivity contribution is 0.116. The molecular weight excluding hydrogens is 293 g/mol. The van der Waals surface area contributed by atoms with Crippen LogP contribution in [0.2, 0.25) is 0 Å². The van der Waals surface area contributed by atoms with Gasteiger partial charge in [-0.15, -0.1) is 0 Å². The van der Waals surface area contributed by atoms with Crippen LogP contribution in [0.15, 0.2) is 54.6 Å². The van der Waals surface area contributed by atoms with E-state index in [1.807, 2.05) is 35.2 Å². The van der Waals surface area contributed by atoms with Gasteiger partial charge in [0.25, 0.3) is 0 Å². The number of amides is 2. The van der Waals surface area contributed by atoms with E-state index in [0.717, 1.165) is 18.7 Å². The van der Waals surface area contributed by atoms with Gasteiger partial charge in [-0.1, -0.05) is 30.3 Å². The number of likely N-dealkylation sites (N-methyl/N-ethyl adjacent to an activating group) is 1. The maximum Gasteiger partial charge on any atom is 0.322 e. The van der Waals surface area contributed by atoms with Crippen LogP contribution in [0, 0.1) is 5.82 Å². The summed E-state index contributed by atoms with van der Waals surface area (Å²) in [7, 11) is 2.06. The van der Waals surface area contributed by atoms with E-state index in [2.05, 4.69) is 17.3 Å². The van der Waals surface area contributed by atoms with Crippen molar-refractivity contribution in [2.45, 2.75) is 6.04 Å². The van der Waals surface area contributed by atoms with Gasteiger partial charge in [0, 0.05) is 25.3 Å². The molecular formula is C18H20FN3O. The van der Waals surface area contributed by atoms with Gasteiger partial charge >= 0.3 is 6.03 Å². The lowest BCUT2D eigenvalue weighted by atomic mass is 10.0. The molecule has 1 atom stereocenters. The molecule has 23 heavy (non-hydrogen) atoms. The molecule has 0 saturated carbocycles. The first-order valence-corrected chi connectivity index (χ1v) is 7.70. The Hall–Kier alpha value is -2.40. The van der Waals surface area contributed by atoms with E-state index in [9.17, 15) is 9.18 Å². The second-order valence-corrected chi connectivity index (χ2v) is 5.82. The molecule has 1 heterocycles. The van der Waals surface area contributed by atoms with Crippen LogP contribution >= 0.6 is 0 Å². The van der Waals surface area contributed by atoms with Gasteiger partial charge in [-0.05, 0) is 36.9 Å². The molecule has 2 aromatic rings. The zero-order valence-electron chi connectivity index (χ0n) is 13.1. The summed E-state index contributed by atoms with van der Waals surface area (Å²) >= 11 is 0. The molecule has 3 rings (SSSR count). The molecule has 2 amide bonds. The zero-order valence-corrected chi connectivity index (χ0v) is 13.1. The molecule has 1 fully saturated rings. The third kappa shape index (κ3) is 3.68. The number of carbonyl (C=O) groups is 1. The van der Waals surface area contributed by atoms with E-state index >= 15 is 0 Å². The lowest BCUT2D eigenvalue weighted by Gasteiger charge is -2.40. The van der Waals surface area contributed by atoms with E-state index in [1.165, 1.54) is 12.1 Å². The Balaban J connectivity index is 1.78. The van der Waals surface area contributed by atoms with Crippen LogP contribution < -0.4 is 5.32 Å². The first-order valence-electron chi connectivity index (χ1n) is 7.70. The molecule has 0 spiro atoms. The second kappa shape index (κ2) is 6.79. The lowest BCUT2D eigenvalue weighted by Crippen LogP contribution is -2.50. The Labute approximate surface area is 135 Å². The minimum Gasteiger partial charge on any atom is -0.315 e. The van der Waals surface area contributed by atoms with Crippen molar-refractivity contribution in [1.82, 2.24) is 9.80 Å². The van der Waals surface area contributed by atoms with Gasteiger partial charge in [0.15, 0.2) is 0 Å². The summed E-state index contributed by atoms with van der Waals surface area (Å²) in [5.41, 5.74) is 1.72. The number of piperazine rings is 1. The summed E-state index contributed by atoms with van der Waals surface area (Å²) in [6, 6.07) is 15.7. The number of carbonyl (C=O) groups excluding carboxylic acids is 1. The van der Waals surface area contributed by atoms with Gasteiger partial charge in [-0.3, -0.25) is 0 Å². The molecule has 0 radical (unpaired) electrons. The van der Waals surface area contributed by atoms with Crippen LogP contribution in [0.3, 0.4) is 0 Å². The number of hydrogen-bond acceptors (Lipinski definition) is 2. The standard InChI is InChI=1S/C18H20FN3O/c1-21-11-12-22(17(13-21)14-5-3-2-4-6-14)18(23)20-16-9-7-15(19)8-10-16/h2-10,17H,11-13H2,1H3,(H,20,23)/t17-/m0/s1. The van der Waals surface area contributed by atoms with Gasteiger partial charge in [0.2, 0.25) is 0 Å². The minimum atomic E-state index is -0.315. The summed E-state index contributed by atoms with van der Waals surface area (Å²) in [4.78, 5) is 16.7. The number of rotatable bonds is 2. The van der Waals surface area contributed by atoms with Crippen molar-refractivity contribution in [2.24, 2.45) is 0 Å². The van der Waals surface area contributed by atoms with E-state index in [-0.39, 0.29) is 17.9 Å². The first kappa shape index (κ1) is 15.5. The van der Waals surface area contributed by atoms with Gasteiger partial charge in [-0.25, -0.2) is 9.18 Å². The number of halogens is 1. The highest BCUT2D eigenvalue weighted by Gasteiger charge is 2.30. The maximum absolute atomic E-state index is 13.0.